The van der Waals surface area contributed by atoms with Crippen molar-refractivity contribution in [3.63, 3.8) is 0 Å². The molecule has 1 aromatic carbocycles. The minimum atomic E-state index is -0.915. The van der Waals surface area contributed by atoms with E-state index in [1.54, 1.807) is 4.90 Å². The number of halogens is 2. The number of aromatic hydroxyl groups is 1. The lowest BCUT2D eigenvalue weighted by atomic mass is 10.1. The summed E-state index contributed by atoms with van der Waals surface area (Å²) in [6.45, 7) is 4.47. The Morgan fingerprint density at radius 2 is 1.70 bits per heavy atom. The molecule has 0 spiro atoms. The maximum Gasteiger partial charge on any atom is 0.355 e. The van der Waals surface area contributed by atoms with Crippen LogP contribution in [0.5, 0.6) is 5.75 Å². The maximum absolute atomic E-state index is 16.0. The number of nitrogens with zero attached hydrogens (tertiary/aromatic N) is 8. The Kier molecular flexibility index (Phi) is 6.53. The molecule has 2 saturated carbocycles. The molecule has 4 aromatic rings. The molecule has 7 rings (SSSR count). The number of phenolic OH excluding ortho intramolecular Hbond substituents is 1. The Balaban J connectivity index is 1.54. The molecular formula is C31H28F2N8O3. The van der Waals surface area contributed by atoms with Gasteiger partial charge in [-0.25, -0.2) is 33.1 Å². The number of benzene rings is 1. The molecule has 4 heterocycles. The summed E-state index contributed by atoms with van der Waals surface area (Å²) in [5, 5.41) is 20.4. The van der Waals surface area contributed by atoms with Crippen molar-refractivity contribution in [3.05, 3.63) is 63.6 Å². The average molecular weight is 599 g/mol. The first-order valence-electron chi connectivity index (χ1n) is 14.6. The van der Waals surface area contributed by atoms with E-state index in [2.05, 4.69) is 19.9 Å². The van der Waals surface area contributed by atoms with Gasteiger partial charge in [0.2, 0.25) is 11.7 Å². The van der Waals surface area contributed by atoms with E-state index >= 15 is 8.78 Å². The van der Waals surface area contributed by atoms with Gasteiger partial charge in [0.15, 0.2) is 11.5 Å². The monoisotopic (exact) mass is 598 g/mol. The number of rotatable bonds is 5. The topological polar surface area (TPSA) is 141 Å². The van der Waals surface area contributed by atoms with Crippen LogP contribution in [0.25, 0.3) is 28.0 Å². The molecule has 3 fully saturated rings. The summed E-state index contributed by atoms with van der Waals surface area (Å²) in [7, 11) is 0. The third-order valence-corrected chi connectivity index (χ3v) is 8.56. The normalized spacial score (nSPS) is 18.5. The molecule has 13 heteroatoms. The molecule has 3 aromatic heterocycles. The quantitative estimate of drug-likeness (QED) is 0.362. The van der Waals surface area contributed by atoms with E-state index in [9.17, 15) is 20.0 Å². The highest BCUT2D eigenvalue weighted by Crippen LogP contribution is 2.48. The SMILES string of the molecule is CC(=O)N1CCN(c2nc(=O)n(-c3c(C4CC4)nc(C#N)nc3C3CC3)c3nc(-c4c(O)cccc4F)c(F)cc23)[C@@H](C)C1. The average Bonchev–Trinajstić information content (AvgIpc) is 3.91. The molecule has 0 radical (unpaired) electrons. The molecule has 1 atom stereocenters. The number of hydrogen-bond donors (Lipinski definition) is 1. The van der Waals surface area contributed by atoms with Crippen LogP contribution in [0.3, 0.4) is 0 Å². The van der Waals surface area contributed by atoms with Crippen LogP contribution >= 0.6 is 0 Å². The van der Waals surface area contributed by atoms with Gasteiger partial charge < -0.3 is 14.9 Å². The van der Waals surface area contributed by atoms with Crippen molar-refractivity contribution in [1.29, 1.82) is 5.26 Å². The van der Waals surface area contributed by atoms with Crippen LogP contribution in [-0.2, 0) is 4.79 Å². The maximum atomic E-state index is 16.0. The third-order valence-electron chi connectivity index (χ3n) is 8.56. The highest BCUT2D eigenvalue weighted by atomic mass is 19.1. The summed E-state index contributed by atoms with van der Waals surface area (Å²) in [5.74, 6) is -2.20. The molecule has 3 aliphatic rings. The zero-order valence-electron chi connectivity index (χ0n) is 24.1. The van der Waals surface area contributed by atoms with Crippen molar-refractivity contribution >= 4 is 22.8 Å². The number of nitriles is 1. The van der Waals surface area contributed by atoms with E-state index in [1.165, 1.54) is 23.6 Å². The molecule has 1 N–H and O–H groups in total. The number of phenols is 1. The molecule has 1 amide bonds. The zero-order chi connectivity index (χ0) is 30.9. The summed E-state index contributed by atoms with van der Waals surface area (Å²) in [4.78, 5) is 47.8. The number of pyridine rings is 1. The van der Waals surface area contributed by atoms with Crippen LogP contribution in [0.15, 0.2) is 29.1 Å². The first-order chi connectivity index (χ1) is 21.2. The molecule has 11 nitrogen and oxygen atoms in total. The minimum Gasteiger partial charge on any atom is -0.507 e. The van der Waals surface area contributed by atoms with E-state index in [0.717, 1.165) is 37.8 Å². The predicted octanol–water partition coefficient (Wildman–Crippen LogP) is 3.90. The fourth-order valence-corrected chi connectivity index (χ4v) is 6.06. The summed E-state index contributed by atoms with van der Waals surface area (Å²) < 4.78 is 32.3. The number of aromatic nitrogens is 5. The number of carbonyl (C=O) groups excluding carboxylic acids is 1. The van der Waals surface area contributed by atoms with Gasteiger partial charge in [0, 0.05) is 44.4 Å². The summed E-state index contributed by atoms with van der Waals surface area (Å²) in [6, 6.07) is 6.54. The van der Waals surface area contributed by atoms with Crippen molar-refractivity contribution in [2.75, 3.05) is 24.5 Å². The molecule has 0 bridgehead atoms. The Morgan fingerprint density at radius 3 is 2.27 bits per heavy atom. The van der Waals surface area contributed by atoms with Crippen LogP contribution in [0.1, 0.15) is 68.6 Å². The minimum absolute atomic E-state index is 0.00245. The van der Waals surface area contributed by atoms with Gasteiger partial charge in [0.1, 0.15) is 29.1 Å². The number of carbonyl (C=O) groups is 1. The first kappa shape index (κ1) is 27.8. The van der Waals surface area contributed by atoms with Crippen molar-refractivity contribution < 1.29 is 18.7 Å². The molecule has 224 valence electrons. The van der Waals surface area contributed by atoms with Gasteiger partial charge in [-0.1, -0.05) is 6.07 Å². The number of anilines is 1. The highest BCUT2D eigenvalue weighted by molar-refractivity contribution is 5.91. The van der Waals surface area contributed by atoms with Gasteiger partial charge in [-0.3, -0.25) is 4.79 Å². The van der Waals surface area contributed by atoms with Crippen LogP contribution in [0.4, 0.5) is 14.6 Å². The number of piperazine rings is 1. The van der Waals surface area contributed by atoms with E-state index in [0.29, 0.717) is 36.7 Å². The second kappa shape index (κ2) is 10.3. The van der Waals surface area contributed by atoms with Gasteiger partial charge in [-0.15, -0.1) is 0 Å². The Hall–Kier alpha value is -4.99. The predicted molar refractivity (Wildman–Crippen MR) is 155 cm³/mol. The molecular weight excluding hydrogens is 570 g/mol. The fraction of sp³-hybridized carbons (Fsp3) is 0.387. The van der Waals surface area contributed by atoms with Gasteiger partial charge in [-0.05, 0) is 50.8 Å². The second-order valence-corrected chi connectivity index (χ2v) is 11.7. The first-order valence-corrected chi connectivity index (χ1v) is 14.6. The summed E-state index contributed by atoms with van der Waals surface area (Å²) in [5.41, 5.74) is -0.189. The Labute approximate surface area is 250 Å². The smallest absolute Gasteiger partial charge is 0.355 e. The molecule has 0 unspecified atom stereocenters. The van der Waals surface area contributed by atoms with E-state index in [1.807, 2.05) is 17.9 Å². The molecule has 2 aliphatic carbocycles. The lowest BCUT2D eigenvalue weighted by Gasteiger charge is -2.40. The molecule has 44 heavy (non-hydrogen) atoms. The lowest BCUT2D eigenvalue weighted by molar-refractivity contribution is -0.129. The van der Waals surface area contributed by atoms with Crippen LogP contribution in [0, 0.1) is 23.0 Å². The number of hydrogen-bond acceptors (Lipinski definition) is 9. The van der Waals surface area contributed by atoms with Crippen LogP contribution in [0.2, 0.25) is 0 Å². The third kappa shape index (κ3) is 4.61. The fourth-order valence-electron chi connectivity index (χ4n) is 6.06. The van der Waals surface area contributed by atoms with Crippen molar-refractivity contribution in [3.8, 4) is 28.8 Å². The standard InChI is InChI=1S/C31H28F2N8O3/c1-15-14-39(16(2)42)10-11-40(15)29-19-12-21(33)27(24-20(32)4-3-5-22(24)43)37-30(19)41(31(44)38-29)28-25(17-6-7-17)35-23(13-34)36-26(28)18-8-9-18/h3-5,12,15,17-18,43H,6-11,14H2,1-2H3/t15-/m0/s1. The van der Waals surface area contributed by atoms with Crippen molar-refractivity contribution in [2.24, 2.45) is 0 Å². The van der Waals surface area contributed by atoms with Crippen LogP contribution < -0.4 is 10.6 Å². The Morgan fingerprint density at radius 1 is 1.02 bits per heavy atom. The van der Waals surface area contributed by atoms with Gasteiger partial charge in [0.05, 0.1) is 28.0 Å². The summed E-state index contributed by atoms with van der Waals surface area (Å²) >= 11 is 0. The van der Waals surface area contributed by atoms with E-state index in [4.69, 9.17) is 0 Å². The van der Waals surface area contributed by atoms with Crippen LogP contribution in [-0.4, -0.2) is 66.1 Å². The van der Waals surface area contributed by atoms with Gasteiger partial charge in [-0.2, -0.15) is 10.2 Å². The van der Waals surface area contributed by atoms with Gasteiger partial charge >= 0.3 is 5.69 Å². The van der Waals surface area contributed by atoms with Gasteiger partial charge in [0.25, 0.3) is 0 Å². The summed E-state index contributed by atoms with van der Waals surface area (Å²) in [6.07, 6.45) is 3.24. The van der Waals surface area contributed by atoms with E-state index in [-0.39, 0.29) is 46.5 Å². The lowest BCUT2D eigenvalue weighted by Crippen LogP contribution is -2.54. The number of amides is 1. The molecule has 1 aliphatic heterocycles. The largest absolute Gasteiger partial charge is 0.507 e. The second-order valence-electron chi connectivity index (χ2n) is 11.7. The van der Waals surface area contributed by atoms with Crippen molar-refractivity contribution in [1.82, 2.24) is 29.4 Å². The van der Waals surface area contributed by atoms with E-state index < -0.39 is 34.3 Å². The zero-order valence-corrected chi connectivity index (χ0v) is 24.1. The van der Waals surface area contributed by atoms with Crippen molar-refractivity contribution in [2.45, 2.75) is 57.4 Å². The Bertz CT molecular complexity index is 1910. The number of fused-ring (bicyclic) bond motifs is 1. The highest BCUT2D eigenvalue weighted by Gasteiger charge is 2.38. The molecule has 1 saturated heterocycles.